The number of nitrogens with zero attached hydrogens (tertiary/aromatic N) is 5. The van der Waals surface area contributed by atoms with Gasteiger partial charge in [-0.1, -0.05) is 29.4 Å². The second kappa shape index (κ2) is 18.9. The molecule has 2 rings (SSSR count). The zero-order valence-electron chi connectivity index (χ0n) is 13.4. The largest absolute Gasteiger partial charge is 2.00 e. The zero-order chi connectivity index (χ0) is 19.8. The first kappa shape index (κ1) is 31.4. The molecule has 0 unspecified atom stereocenters. The van der Waals surface area contributed by atoms with E-state index in [1.807, 2.05) is 12.1 Å². The van der Waals surface area contributed by atoms with E-state index in [1.165, 1.54) is 6.07 Å². The third-order valence-corrected chi connectivity index (χ3v) is 2.92. The summed E-state index contributed by atoms with van der Waals surface area (Å²) in [5.41, 5.74) is 13.1. The van der Waals surface area contributed by atoms with Crippen molar-refractivity contribution in [3.05, 3.63) is 76.6 Å². The summed E-state index contributed by atoms with van der Waals surface area (Å²) in [6, 6.07) is 13.7. The van der Waals surface area contributed by atoms with E-state index in [2.05, 4.69) is 20.8 Å². The Morgan fingerprint density at radius 2 is 1.26 bits per heavy atom. The Bertz CT molecular complexity index is 865. The van der Waals surface area contributed by atoms with Gasteiger partial charge < -0.3 is 35.1 Å². The Balaban J connectivity index is -0.000000156. The van der Waals surface area contributed by atoms with Gasteiger partial charge in [-0.2, -0.15) is 10.5 Å². The quantitative estimate of drug-likeness (QED) is 0.328. The van der Waals surface area contributed by atoms with Crippen LogP contribution in [0.25, 0.3) is 4.85 Å². The summed E-state index contributed by atoms with van der Waals surface area (Å²) in [5, 5.41) is 29.5. The molecule has 0 radical (unpaired) electrons. The van der Waals surface area contributed by atoms with Gasteiger partial charge in [0.1, 0.15) is 6.07 Å². The molecular weight excluding hydrogens is 460 g/mol. The van der Waals surface area contributed by atoms with E-state index >= 15 is 0 Å². The van der Waals surface area contributed by atoms with Crippen LogP contribution in [-0.2, 0) is 19.5 Å². The van der Waals surface area contributed by atoms with Crippen molar-refractivity contribution in [1.29, 1.82) is 21.0 Å². The van der Waals surface area contributed by atoms with Crippen molar-refractivity contribution in [1.82, 2.24) is 0 Å². The van der Waals surface area contributed by atoms with E-state index in [4.69, 9.17) is 52.2 Å². The Kier molecular flexibility index (Phi) is 22.0. The normalized spacial score (nSPS) is 6.74. The molecule has 0 heterocycles. The van der Waals surface area contributed by atoms with Gasteiger partial charge in [0.15, 0.2) is 5.69 Å². The zero-order valence-corrected chi connectivity index (χ0v) is 18.0. The number of hydrogen-bond donors (Lipinski definition) is 2. The molecule has 0 saturated carbocycles. The number of anilines is 2. The summed E-state index contributed by atoms with van der Waals surface area (Å²) in [6.07, 6.45) is 0. The second-order valence-corrected chi connectivity index (χ2v) is 4.75. The molecule has 0 aromatic heterocycles. The molecule has 4 N–H and O–H groups in total. The molecule has 0 amide bonds. The van der Waals surface area contributed by atoms with Crippen molar-refractivity contribution in [2.75, 3.05) is 11.5 Å². The maximum Gasteiger partial charge on any atom is 2.00 e. The number of nitriles is 2. The van der Waals surface area contributed by atoms with Gasteiger partial charge >= 0.3 is 19.5 Å². The smallest absolute Gasteiger partial charge is 0.512 e. The predicted molar refractivity (Wildman–Crippen MR) is 102 cm³/mol. The van der Waals surface area contributed by atoms with Crippen LogP contribution >= 0.6 is 15.9 Å². The number of nitrogen functional groups attached to an aromatic ring is 2. The van der Waals surface area contributed by atoms with Gasteiger partial charge in [0.05, 0.1) is 23.8 Å². The minimum atomic E-state index is 0. The third-order valence-electron chi connectivity index (χ3n) is 2.42. The molecule has 27 heavy (non-hydrogen) atoms. The topological polar surface area (TPSA) is 152 Å². The van der Waals surface area contributed by atoms with Crippen LogP contribution in [-0.4, -0.2) is 0 Å². The van der Waals surface area contributed by atoms with Gasteiger partial charge in [-0.15, -0.1) is 0 Å². The summed E-state index contributed by atoms with van der Waals surface area (Å²) in [7, 11) is 0. The number of nitrogens with two attached hydrogens (primary N) is 2. The van der Waals surface area contributed by atoms with E-state index in [1.54, 1.807) is 30.3 Å². The molecule has 0 aliphatic carbocycles. The van der Waals surface area contributed by atoms with Gasteiger partial charge in [0.25, 0.3) is 0 Å². The van der Waals surface area contributed by atoms with E-state index in [0.717, 1.165) is 4.47 Å². The van der Waals surface area contributed by atoms with Crippen LogP contribution in [0.4, 0.5) is 17.1 Å². The number of halogens is 1. The average molecular weight is 474 g/mol. The standard InChI is InChI=1S/C8H5N3.C7H5BrN2.2CN.CH4.Zn/c1-11-7-2-3-8(10)6(4-7)5-9;8-6-1-2-7(10)5(3-6)4-9;2*1-2;;/h2-4H,10H2;1-3H,10H2;;;1H4;/q;;2*-1;;+2. The first-order valence-corrected chi connectivity index (χ1v) is 6.88. The van der Waals surface area contributed by atoms with Crippen molar-refractivity contribution >= 4 is 33.0 Å². The minimum absolute atomic E-state index is 0. The van der Waals surface area contributed by atoms with Crippen molar-refractivity contribution in [3.8, 4) is 12.1 Å². The fourth-order valence-corrected chi connectivity index (χ4v) is 1.70. The molecule has 130 valence electrons. The van der Waals surface area contributed by atoms with Crippen molar-refractivity contribution in [2.45, 2.75) is 7.43 Å². The molecule has 0 atom stereocenters. The summed E-state index contributed by atoms with van der Waals surface area (Å²) in [5.74, 6) is 0. The van der Waals surface area contributed by atoms with Crippen LogP contribution in [0.2, 0.25) is 0 Å². The van der Waals surface area contributed by atoms with Gasteiger partial charge in [-0.25, -0.2) is 4.85 Å². The van der Waals surface area contributed by atoms with Crippen LogP contribution in [0.5, 0.6) is 0 Å². The van der Waals surface area contributed by atoms with Crippen molar-refractivity contribution in [2.24, 2.45) is 0 Å². The van der Waals surface area contributed by atoms with Crippen LogP contribution in [0, 0.1) is 52.9 Å². The average Bonchev–Trinajstić information content (AvgIpc) is 2.68. The molecule has 0 bridgehead atoms. The van der Waals surface area contributed by atoms with Crippen molar-refractivity contribution in [3.63, 3.8) is 0 Å². The molecule has 0 spiro atoms. The van der Waals surface area contributed by atoms with E-state index < -0.39 is 0 Å². The molecule has 0 aliphatic rings. The second-order valence-electron chi connectivity index (χ2n) is 3.84. The number of rotatable bonds is 0. The predicted octanol–water partition coefficient (Wildman–Crippen LogP) is 4.42. The monoisotopic (exact) mass is 471 g/mol. The fraction of sp³-hybridized carbons (Fsp3) is 0.0556. The van der Waals surface area contributed by atoms with Gasteiger partial charge in [-0.05, 0) is 30.3 Å². The molecule has 2 aromatic rings. The maximum atomic E-state index is 8.51. The molecular formula is C18H14BrN7Zn. The molecule has 0 saturated heterocycles. The number of benzene rings is 2. The van der Waals surface area contributed by atoms with Crippen molar-refractivity contribution < 1.29 is 19.5 Å². The Morgan fingerprint density at radius 3 is 1.63 bits per heavy atom. The Hall–Kier alpha value is -3.41. The molecule has 9 heteroatoms. The molecule has 0 aliphatic heterocycles. The first-order valence-electron chi connectivity index (χ1n) is 6.08. The van der Waals surface area contributed by atoms with E-state index in [9.17, 15) is 0 Å². The van der Waals surface area contributed by atoms with Crippen LogP contribution in [0.1, 0.15) is 18.6 Å². The summed E-state index contributed by atoms with van der Waals surface area (Å²) in [4.78, 5) is 3.16. The van der Waals surface area contributed by atoms with Crippen LogP contribution in [0.15, 0.2) is 40.9 Å². The van der Waals surface area contributed by atoms with Gasteiger partial charge in [0.2, 0.25) is 0 Å². The van der Waals surface area contributed by atoms with E-state index in [-0.39, 0.29) is 26.9 Å². The van der Waals surface area contributed by atoms with Crippen LogP contribution < -0.4 is 11.5 Å². The third kappa shape index (κ3) is 11.7. The molecule has 7 nitrogen and oxygen atoms in total. The summed E-state index contributed by atoms with van der Waals surface area (Å²) < 4.78 is 0.873. The fourth-order valence-electron chi connectivity index (χ4n) is 1.34. The maximum absolute atomic E-state index is 8.51. The SMILES string of the molecule is C.N#Cc1cc(Br)ccc1N.[C-]#N.[C-]#N.[C-]#[N+]c1ccc(N)c(C#N)c1.[Zn+2]. The van der Waals surface area contributed by atoms with Gasteiger partial charge in [0, 0.05) is 15.8 Å². The Morgan fingerprint density at radius 1 is 0.852 bits per heavy atom. The molecule has 2 aromatic carbocycles. The summed E-state index contributed by atoms with van der Waals surface area (Å²) >= 11 is 3.23. The van der Waals surface area contributed by atoms with Gasteiger partial charge in [-0.3, -0.25) is 0 Å². The minimum Gasteiger partial charge on any atom is -0.512 e. The summed E-state index contributed by atoms with van der Waals surface area (Å²) in [6.45, 7) is 16.2. The molecule has 0 fully saturated rings. The Labute approximate surface area is 180 Å². The van der Waals surface area contributed by atoms with Crippen LogP contribution in [0.3, 0.4) is 0 Å². The number of hydrogen-bond acceptors (Lipinski definition) is 6. The van der Waals surface area contributed by atoms with E-state index in [0.29, 0.717) is 28.2 Å². The first-order chi connectivity index (χ1) is 12.0.